The Bertz CT molecular complexity index is 1120. The number of hydrogen-bond acceptors (Lipinski definition) is 5. The molecule has 0 fully saturated rings. The minimum absolute atomic E-state index is 0.0583. The molecule has 3 N–H and O–H groups in total. The molecule has 170 valence electrons. The first-order valence-corrected chi connectivity index (χ1v) is 11.2. The molecule has 2 amide bonds. The molecule has 0 spiro atoms. The molecule has 0 aliphatic heterocycles. The quantitative estimate of drug-likeness (QED) is 0.317. The molecular weight excluding hydrogens is 506 g/mol. The van der Waals surface area contributed by atoms with Gasteiger partial charge in [0.25, 0.3) is 11.8 Å². The van der Waals surface area contributed by atoms with E-state index in [1.165, 1.54) is 0 Å². The zero-order chi connectivity index (χ0) is 23.6. The number of thiocarbonyl (C=S) groups is 1. The normalized spacial score (nSPS) is 10.1. The second-order valence-corrected chi connectivity index (χ2v) is 8.14. The maximum absolute atomic E-state index is 12.8. The molecule has 3 aromatic carbocycles. The number of hydrogen-bond donors (Lipinski definition) is 3. The zero-order valence-corrected chi connectivity index (χ0v) is 20.2. The predicted octanol–water partition coefficient (Wildman–Crippen LogP) is 4.03. The fourth-order valence-electron chi connectivity index (χ4n) is 2.86. The second-order valence-electron chi connectivity index (χ2n) is 6.82. The van der Waals surface area contributed by atoms with E-state index < -0.39 is 11.8 Å². The van der Waals surface area contributed by atoms with Crippen LogP contribution >= 0.6 is 28.1 Å². The molecule has 0 heterocycles. The average Bonchev–Trinajstić information content (AvgIpc) is 2.84. The van der Waals surface area contributed by atoms with E-state index >= 15 is 0 Å². The molecule has 0 unspecified atom stereocenters. The van der Waals surface area contributed by atoms with Crippen molar-refractivity contribution in [2.45, 2.75) is 6.42 Å². The third kappa shape index (κ3) is 7.30. The van der Waals surface area contributed by atoms with E-state index in [0.29, 0.717) is 35.7 Å². The SMILES string of the molecule is COc1ccc(C(=O)NNC(=S)NC(=O)c2cc(Br)ccc2OCCc2ccccc2)cc1. The van der Waals surface area contributed by atoms with Crippen molar-refractivity contribution in [2.75, 3.05) is 13.7 Å². The number of methoxy groups -OCH3 is 1. The van der Waals surface area contributed by atoms with Crippen LogP contribution in [0.3, 0.4) is 0 Å². The van der Waals surface area contributed by atoms with Crippen LogP contribution in [-0.2, 0) is 6.42 Å². The topological polar surface area (TPSA) is 88.7 Å². The van der Waals surface area contributed by atoms with Gasteiger partial charge >= 0.3 is 0 Å². The highest BCUT2D eigenvalue weighted by Gasteiger charge is 2.15. The van der Waals surface area contributed by atoms with Gasteiger partial charge in [-0.05, 0) is 60.2 Å². The molecule has 0 bridgehead atoms. The van der Waals surface area contributed by atoms with Gasteiger partial charge in [0.15, 0.2) is 5.11 Å². The molecule has 0 radical (unpaired) electrons. The van der Waals surface area contributed by atoms with Crippen molar-refractivity contribution < 1.29 is 19.1 Å². The number of ether oxygens (including phenoxy) is 2. The number of carbonyl (C=O) groups is 2. The number of amides is 2. The van der Waals surface area contributed by atoms with Crippen LogP contribution in [0.15, 0.2) is 77.3 Å². The Kier molecular flexibility index (Phi) is 8.79. The van der Waals surface area contributed by atoms with E-state index in [1.807, 2.05) is 30.3 Å². The van der Waals surface area contributed by atoms with Gasteiger partial charge < -0.3 is 9.47 Å². The van der Waals surface area contributed by atoms with E-state index in [-0.39, 0.29) is 5.11 Å². The van der Waals surface area contributed by atoms with Crippen molar-refractivity contribution in [3.63, 3.8) is 0 Å². The van der Waals surface area contributed by atoms with Gasteiger partial charge in [-0.15, -0.1) is 0 Å². The van der Waals surface area contributed by atoms with E-state index in [1.54, 1.807) is 49.6 Å². The standard InChI is InChI=1S/C24H22BrN3O4S/c1-31-19-10-7-17(8-11-19)22(29)27-28-24(33)26-23(30)20-15-18(25)9-12-21(20)32-14-13-16-5-3-2-4-6-16/h2-12,15H,13-14H2,1H3,(H,27,29)(H2,26,28,30,33). The van der Waals surface area contributed by atoms with Crippen LogP contribution in [0.2, 0.25) is 0 Å². The van der Waals surface area contributed by atoms with E-state index in [9.17, 15) is 9.59 Å². The first-order valence-electron chi connectivity index (χ1n) is 9.98. The molecule has 0 aromatic heterocycles. The van der Waals surface area contributed by atoms with Crippen molar-refractivity contribution in [3.05, 3.63) is 94.0 Å². The van der Waals surface area contributed by atoms with Crippen molar-refractivity contribution in [1.82, 2.24) is 16.2 Å². The Morgan fingerprint density at radius 2 is 1.67 bits per heavy atom. The minimum atomic E-state index is -0.470. The summed E-state index contributed by atoms with van der Waals surface area (Å²) in [5, 5.41) is 2.48. The van der Waals surface area contributed by atoms with Crippen molar-refractivity contribution in [1.29, 1.82) is 0 Å². The lowest BCUT2D eigenvalue weighted by Gasteiger charge is -2.14. The zero-order valence-electron chi connectivity index (χ0n) is 17.8. The maximum Gasteiger partial charge on any atom is 0.269 e. The summed E-state index contributed by atoms with van der Waals surface area (Å²) in [4.78, 5) is 25.0. The summed E-state index contributed by atoms with van der Waals surface area (Å²) in [6.45, 7) is 0.409. The number of hydrazine groups is 1. The number of benzene rings is 3. The first kappa shape index (κ1) is 24.2. The van der Waals surface area contributed by atoms with Crippen molar-refractivity contribution in [2.24, 2.45) is 0 Å². The van der Waals surface area contributed by atoms with Gasteiger partial charge in [-0.3, -0.25) is 25.8 Å². The summed E-state index contributed by atoms with van der Waals surface area (Å²) in [5.41, 5.74) is 6.82. The van der Waals surface area contributed by atoms with Crippen molar-refractivity contribution >= 4 is 45.1 Å². The second kappa shape index (κ2) is 12.0. The lowest BCUT2D eigenvalue weighted by Crippen LogP contribution is -2.48. The molecule has 9 heteroatoms. The van der Waals surface area contributed by atoms with Gasteiger partial charge in [-0.2, -0.15) is 0 Å². The highest BCUT2D eigenvalue weighted by Crippen LogP contribution is 2.23. The van der Waals surface area contributed by atoms with Gasteiger partial charge in [-0.1, -0.05) is 46.3 Å². The highest BCUT2D eigenvalue weighted by molar-refractivity contribution is 9.10. The van der Waals surface area contributed by atoms with Crippen LogP contribution < -0.4 is 25.6 Å². The molecule has 0 saturated heterocycles. The molecule has 33 heavy (non-hydrogen) atoms. The molecule has 0 saturated carbocycles. The van der Waals surface area contributed by atoms with Crippen LogP contribution in [0, 0.1) is 0 Å². The smallest absolute Gasteiger partial charge is 0.269 e. The fraction of sp³-hybridized carbons (Fsp3) is 0.125. The summed E-state index contributed by atoms with van der Waals surface area (Å²) in [6, 6.07) is 21.6. The Labute approximate surface area is 205 Å². The van der Waals surface area contributed by atoms with Gasteiger partial charge in [0.1, 0.15) is 11.5 Å². The Balaban J connectivity index is 1.55. The predicted molar refractivity (Wildman–Crippen MR) is 133 cm³/mol. The molecule has 0 atom stereocenters. The lowest BCUT2D eigenvalue weighted by molar-refractivity contribution is 0.0933. The highest BCUT2D eigenvalue weighted by atomic mass is 79.9. The summed E-state index contributed by atoms with van der Waals surface area (Å²) in [7, 11) is 1.54. The third-order valence-electron chi connectivity index (χ3n) is 4.55. The van der Waals surface area contributed by atoms with Gasteiger partial charge in [-0.25, -0.2) is 0 Å². The van der Waals surface area contributed by atoms with Gasteiger partial charge in [0.2, 0.25) is 0 Å². The van der Waals surface area contributed by atoms with Gasteiger partial charge in [0.05, 0.1) is 19.3 Å². The molecule has 7 nitrogen and oxygen atoms in total. The number of rotatable bonds is 7. The Morgan fingerprint density at radius 3 is 2.36 bits per heavy atom. The molecule has 3 rings (SSSR count). The van der Waals surface area contributed by atoms with Crippen LogP contribution in [0.1, 0.15) is 26.3 Å². The summed E-state index contributed by atoms with van der Waals surface area (Å²) >= 11 is 8.51. The van der Waals surface area contributed by atoms with Crippen LogP contribution in [0.25, 0.3) is 0 Å². The lowest BCUT2D eigenvalue weighted by atomic mass is 10.1. The maximum atomic E-state index is 12.8. The van der Waals surface area contributed by atoms with Gasteiger partial charge in [0, 0.05) is 16.5 Å². The minimum Gasteiger partial charge on any atom is -0.497 e. The largest absolute Gasteiger partial charge is 0.497 e. The molecule has 0 aliphatic carbocycles. The van der Waals surface area contributed by atoms with Crippen molar-refractivity contribution in [3.8, 4) is 11.5 Å². The summed E-state index contributed by atoms with van der Waals surface area (Å²) in [6.07, 6.45) is 0.704. The summed E-state index contributed by atoms with van der Waals surface area (Å²) in [5.74, 6) is 0.179. The molecule has 3 aromatic rings. The van der Waals surface area contributed by atoms with Crippen LogP contribution in [0.5, 0.6) is 11.5 Å². The van der Waals surface area contributed by atoms with E-state index in [0.717, 1.165) is 10.0 Å². The van der Waals surface area contributed by atoms with Crippen LogP contribution in [0.4, 0.5) is 0 Å². The summed E-state index contributed by atoms with van der Waals surface area (Å²) < 4.78 is 11.6. The molecular formula is C24H22BrN3O4S. The van der Waals surface area contributed by atoms with Crippen LogP contribution in [-0.4, -0.2) is 30.6 Å². The molecule has 0 aliphatic rings. The first-order chi connectivity index (χ1) is 16.0. The van der Waals surface area contributed by atoms with E-state index in [2.05, 4.69) is 32.1 Å². The monoisotopic (exact) mass is 527 g/mol. The third-order valence-corrected chi connectivity index (χ3v) is 5.24. The number of nitrogens with one attached hydrogen (secondary N) is 3. The number of carbonyl (C=O) groups excluding carboxylic acids is 2. The number of halogens is 1. The fourth-order valence-corrected chi connectivity index (χ4v) is 3.36. The van der Waals surface area contributed by atoms with E-state index in [4.69, 9.17) is 21.7 Å². The Morgan fingerprint density at radius 1 is 0.939 bits per heavy atom. The Hall–Kier alpha value is -3.43. The average molecular weight is 528 g/mol.